The summed E-state index contributed by atoms with van der Waals surface area (Å²) in [5, 5.41) is 9.97. The highest BCUT2D eigenvalue weighted by molar-refractivity contribution is 7.99. The van der Waals surface area contributed by atoms with E-state index in [-0.39, 0.29) is 23.3 Å². The molecule has 0 bridgehead atoms. The van der Waals surface area contributed by atoms with Crippen LogP contribution in [-0.4, -0.2) is 69.7 Å². The van der Waals surface area contributed by atoms with E-state index in [4.69, 9.17) is 4.74 Å². The van der Waals surface area contributed by atoms with Crippen LogP contribution in [0.3, 0.4) is 0 Å². The van der Waals surface area contributed by atoms with Crippen molar-refractivity contribution in [3.05, 3.63) is 100 Å². The molecule has 1 fully saturated rings. The Labute approximate surface area is 253 Å². The lowest BCUT2D eigenvalue weighted by atomic mass is 9.92. The van der Waals surface area contributed by atoms with Crippen LogP contribution in [0.15, 0.2) is 77.6 Å². The van der Waals surface area contributed by atoms with E-state index in [0.717, 1.165) is 59.8 Å². The van der Waals surface area contributed by atoms with Gasteiger partial charge in [-0.15, -0.1) is 0 Å². The largest absolute Gasteiger partial charge is 0.494 e. The summed E-state index contributed by atoms with van der Waals surface area (Å²) in [7, 11) is 0. The van der Waals surface area contributed by atoms with Crippen molar-refractivity contribution in [2.75, 3.05) is 37.7 Å². The van der Waals surface area contributed by atoms with Crippen LogP contribution in [0.2, 0.25) is 0 Å². The fourth-order valence-electron chi connectivity index (χ4n) is 5.11. The molecule has 1 saturated heterocycles. The minimum absolute atomic E-state index is 0.0169. The summed E-state index contributed by atoms with van der Waals surface area (Å²) in [6.45, 7) is 3.37. The van der Waals surface area contributed by atoms with Gasteiger partial charge in [-0.1, -0.05) is 42.5 Å². The van der Waals surface area contributed by atoms with Gasteiger partial charge < -0.3 is 14.7 Å². The van der Waals surface area contributed by atoms with Crippen LogP contribution in [0, 0.1) is 0 Å². The maximum Gasteiger partial charge on any atom is 0.430 e. The Morgan fingerprint density at radius 2 is 1.55 bits per heavy atom. The molecular formula is C31H29F6N3O3S. The lowest BCUT2D eigenvalue weighted by molar-refractivity contribution is -0.376. The lowest BCUT2D eigenvalue weighted by Crippen LogP contribution is -2.53. The van der Waals surface area contributed by atoms with Gasteiger partial charge in [-0.05, 0) is 42.3 Å². The number of hydrogen-bond acceptors (Lipinski definition) is 6. The van der Waals surface area contributed by atoms with Crippen LogP contribution >= 0.6 is 11.8 Å². The van der Waals surface area contributed by atoms with E-state index in [2.05, 4.69) is 9.88 Å². The number of alkyl halides is 6. The number of fused-ring (bicyclic) bond motifs is 1. The van der Waals surface area contributed by atoms with Gasteiger partial charge in [0.15, 0.2) is 0 Å². The van der Waals surface area contributed by atoms with Crippen LogP contribution in [0.1, 0.15) is 23.4 Å². The standard InChI is InChI=1S/C31H29F6N3O3S/c32-30(33,34)29(42,31(35,36)37)22-7-9-23(10-8-22)40-27(19-21-5-2-1-3-6-21)38-26-12-11-24(20-25(26)28(40)41)43-16-4-13-39-14-17-44-18-15-39/h1-3,5-12,20,42H,4,13-19H2. The summed E-state index contributed by atoms with van der Waals surface area (Å²) in [5.41, 5.74) is -5.97. The van der Waals surface area contributed by atoms with E-state index in [1.165, 1.54) is 6.07 Å². The number of thioether (sulfide) groups is 1. The van der Waals surface area contributed by atoms with Crippen LogP contribution in [0.4, 0.5) is 26.3 Å². The number of rotatable bonds is 9. The molecule has 0 radical (unpaired) electrons. The van der Waals surface area contributed by atoms with Gasteiger partial charge in [0.05, 0.1) is 23.2 Å². The Morgan fingerprint density at radius 3 is 2.18 bits per heavy atom. The predicted octanol–water partition coefficient (Wildman–Crippen LogP) is 6.11. The molecule has 1 aromatic heterocycles. The molecule has 0 amide bonds. The van der Waals surface area contributed by atoms with Gasteiger partial charge in [-0.3, -0.25) is 9.36 Å². The molecule has 4 aromatic rings. The van der Waals surface area contributed by atoms with Crippen molar-refractivity contribution >= 4 is 22.7 Å². The lowest BCUT2D eigenvalue weighted by Gasteiger charge is -2.32. The van der Waals surface area contributed by atoms with Crippen molar-refractivity contribution in [2.24, 2.45) is 0 Å². The molecule has 0 atom stereocenters. The number of benzene rings is 3. The maximum absolute atomic E-state index is 13.9. The van der Waals surface area contributed by atoms with Crippen LogP contribution in [-0.2, 0) is 12.0 Å². The molecule has 0 aliphatic carbocycles. The second-order valence-corrected chi connectivity index (χ2v) is 11.6. The third kappa shape index (κ3) is 6.59. The predicted molar refractivity (Wildman–Crippen MR) is 156 cm³/mol. The average Bonchev–Trinajstić information content (AvgIpc) is 2.99. The molecule has 0 unspecified atom stereocenters. The van der Waals surface area contributed by atoms with E-state index >= 15 is 0 Å². The van der Waals surface area contributed by atoms with Gasteiger partial charge in [0.2, 0.25) is 0 Å². The topological polar surface area (TPSA) is 67.6 Å². The summed E-state index contributed by atoms with van der Waals surface area (Å²) in [6, 6.07) is 16.8. The van der Waals surface area contributed by atoms with Crippen molar-refractivity contribution in [1.29, 1.82) is 0 Å². The monoisotopic (exact) mass is 637 g/mol. The Bertz CT molecular complexity index is 1620. The fourth-order valence-corrected chi connectivity index (χ4v) is 6.09. The minimum atomic E-state index is -6.03. The molecule has 2 heterocycles. The molecule has 44 heavy (non-hydrogen) atoms. The second kappa shape index (κ2) is 12.8. The van der Waals surface area contributed by atoms with Crippen LogP contribution in [0.25, 0.3) is 16.6 Å². The molecule has 0 saturated carbocycles. The average molecular weight is 638 g/mol. The van der Waals surface area contributed by atoms with Gasteiger partial charge in [0.25, 0.3) is 11.2 Å². The first-order valence-corrected chi connectivity index (χ1v) is 15.0. The number of hydrogen-bond donors (Lipinski definition) is 1. The molecule has 1 aliphatic heterocycles. The Balaban J connectivity index is 1.50. The zero-order valence-corrected chi connectivity index (χ0v) is 24.2. The van der Waals surface area contributed by atoms with Gasteiger partial charge >= 0.3 is 12.4 Å². The number of ether oxygens (including phenoxy) is 1. The van der Waals surface area contributed by atoms with E-state index in [9.17, 15) is 36.2 Å². The van der Waals surface area contributed by atoms with Crippen molar-refractivity contribution in [3.63, 3.8) is 0 Å². The van der Waals surface area contributed by atoms with Crippen molar-refractivity contribution in [3.8, 4) is 11.4 Å². The molecular weight excluding hydrogens is 608 g/mol. The Kier molecular flexibility index (Phi) is 9.28. The highest BCUT2D eigenvalue weighted by atomic mass is 32.2. The van der Waals surface area contributed by atoms with Gasteiger partial charge in [0, 0.05) is 43.1 Å². The highest BCUT2D eigenvalue weighted by Crippen LogP contribution is 2.50. The number of aliphatic hydroxyl groups is 1. The first-order chi connectivity index (χ1) is 20.9. The smallest absolute Gasteiger partial charge is 0.430 e. The molecule has 6 nitrogen and oxygen atoms in total. The molecule has 5 rings (SSSR count). The van der Waals surface area contributed by atoms with Crippen molar-refractivity contribution in [1.82, 2.24) is 14.5 Å². The Morgan fingerprint density at radius 1 is 0.886 bits per heavy atom. The third-order valence-corrected chi connectivity index (χ3v) is 8.41. The third-order valence-electron chi connectivity index (χ3n) is 7.47. The van der Waals surface area contributed by atoms with Crippen LogP contribution in [0.5, 0.6) is 5.75 Å². The SMILES string of the molecule is O=c1c2cc(OCCCN3CCSCC3)ccc2nc(Cc2ccccc2)n1-c1ccc(C(O)(C(F)(F)F)C(F)(F)F)cc1. The zero-order chi connectivity index (χ0) is 31.5. The molecule has 1 aliphatic rings. The van der Waals surface area contributed by atoms with E-state index in [1.807, 2.05) is 11.8 Å². The normalized spacial score (nSPS) is 15.1. The zero-order valence-electron chi connectivity index (χ0n) is 23.4. The van der Waals surface area contributed by atoms with Gasteiger partial charge in [0.1, 0.15) is 11.6 Å². The minimum Gasteiger partial charge on any atom is -0.494 e. The summed E-state index contributed by atoms with van der Waals surface area (Å²) in [4.78, 5) is 20.9. The molecule has 13 heteroatoms. The second-order valence-electron chi connectivity index (χ2n) is 10.4. The number of nitrogens with zero attached hydrogens (tertiary/aromatic N) is 3. The number of aromatic nitrogens is 2. The van der Waals surface area contributed by atoms with E-state index < -0.39 is 29.1 Å². The first kappa shape index (κ1) is 31.9. The fraction of sp³-hybridized carbons (Fsp3) is 0.355. The summed E-state index contributed by atoms with van der Waals surface area (Å²) < 4.78 is 87.7. The van der Waals surface area contributed by atoms with Crippen molar-refractivity contribution < 1.29 is 36.2 Å². The first-order valence-electron chi connectivity index (χ1n) is 13.9. The molecule has 0 spiro atoms. The Hall–Kier alpha value is -3.55. The number of halogens is 6. The van der Waals surface area contributed by atoms with Gasteiger partial charge in [-0.2, -0.15) is 38.1 Å². The van der Waals surface area contributed by atoms with E-state index in [1.54, 1.807) is 42.5 Å². The maximum atomic E-state index is 13.9. The van der Waals surface area contributed by atoms with Crippen LogP contribution < -0.4 is 10.3 Å². The van der Waals surface area contributed by atoms with E-state index in [0.29, 0.717) is 30.0 Å². The highest BCUT2D eigenvalue weighted by Gasteiger charge is 2.71. The van der Waals surface area contributed by atoms with Crippen molar-refractivity contribution in [2.45, 2.75) is 30.8 Å². The summed E-state index contributed by atoms with van der Waals surface area (Å²) >= 11 is 1.93. The summed E-state index contributed by atoms with van der Waals surface area (Å²) in [6.07, 6.45) is -11.1. The molecule has 1 N–H and O–H groups in total. The molecule has 3 aromatic carbocycles. The molecule has 234 valence electrons. The van der Waals surface area contributed by atoms with Gasteiger partial charge in [-0.25, -0.2) is 4.98 Å². The quantitative estimate of drug-likeness (QED) is 0.177. The summed E-state index contributed by atoms with van der Waals surface area (Å²) in [5.74, 6) is 2.86.